The van der Waals surface area contributed by atoms with Crippen molar-refractivity contribution < 1.29 is 19.1 Å². The van der Waals surface area contributed by atoms with Crippen LogP contribution in [-0.4, -0.2) is 35.2 Å². The molecule has 1 aromatic heterocycles. The summed E-state index contributed by atoms with van der Waals surface area (Å²) in [4.78, 5) is 13.1. The molecule has 2 heterocycles. The molecular formula is C17H18ClNO4. The van der Waals surface area contributed by atoms with Crippen LogP contribution in [0.15, 0.2) is 40.8 Å². The Balaban J connectivity index is 1.59. The first-order chi connectivity index (χ1) is 11.1. The Morgan fingerprint density at radius 2 is 2.17 bits per heavy atom. The molecule has 1 aromatic carbocycles. The number of likely N-dealkylation sites (tertiary alicyclic amines) is 1. The minimum Gasteiger partial charge on any atom is -0.488 e. The highest BCUT2D eigenvalue weighted by molar-refractivity contribution is 6.32. The van der Waals surface area contributed by atoms with Gasteiger partial charge in [-0.1, -0.05) is 23.7 Å². The molecule has 1 saturated heterocycles. The maximum atomic E-state index is 10.9. The van der Waals surface area contributed by atoms with Crippen LogP contribution in [-0.2, 0) is 6.54 Å². The topological polar surface area (TPSA) is 62.9 Å². The number of benzene rings is 1. The summed E-state index contributed by atoms with van der Waals surface area (Å²) in [5, 5.41) is 9.51. The summed E-state index contributed by atoms with van der Waals surface area (Å²) in [7, 11) is 0. The number of ether oxygens (including phenoxy) is 1. The van der Waals surface area contributed by atoms with Gasteiger partial charge in [-0.2, -0.15) is 0 Å². The summed E-state index contributed by atoms with van der Waals surface area (Å²) in [6, 6.07) is 10.7. The summed E-state index contributed by atoms with van der Waals surface area (Å²) in [5.41, 5.74) is 0. The number of rotatable bonds is 5. The van der Waals surface area contributed by atoms with E-state index in [0.29, 0.717) is 23.1 Å². The Morgan fingerprint density at radius 3 is 2.91 bits per heavy atom. The molecule has 5 nitrogen and oxygen atoms in total. The second-order valence-corrected chi connectivity index (χ2v) is 6.03. The SMILES string of the molecule is O=C(O)c1ccc(CN2CCCC(Oc3ccccc3Cl)C2)o1. The van der Waals surface area contributed by atoms with Gasteiger partial charge in [-0.05, 0) is 43.7 Å². The molecule has 0 spiro atoms. The van der Waals surface area contributed by atoms with E-state index in [1.54, 1.807) is 6.07 Å². The first kappa shape index (κ1) is 15.9. The van der Waals surface area contributed by atoms with Gasteiger partial charge < -0.3 is 14.3 Å². The zero-order valence-electron chi connectivity index (χ0n) is 12.6. The van der Waals surface area contributed by atoms with Crippen molar-refractivity contribution in [3.8, 4) is 5.75 Å². The van der Waals surface area contributed by atoms with Gasteiger partial charge >= 0.3 is 5.97 Å². The van der Waals surface area contributed by atoms with Gasteiger partial charge in [-0.25, -0.2) is 4.79 Å². The first-order valence-corrected chi connectivity index (χ1v) is 7.95. The number of nitrogens with zero attached hydrogens (tertiary/aromatic N) is 1. The number of carboxylic acids is 1. The van der Waals surface area contributed by atoms with Gasteiger partial charge in [0, 0.05) is 6.54 Å². The highest BCUT2D eigenvalue weighted by atomic mass is 35.5. The molecule has 1 aliphatic heterocycles. The lowest BCUT2D eigenvalue weighted by molar-refractivity contribution is 0.0645. The van der Waals surface area contributed by atoms with E-state index < -0.39 is 5.97 Å². The highest BCUT2D eigenvalue weighted by Gasteiger charge is 2.23. The summed E-state index contributed by atoms with van der Waals surface area (Å²) in [6.07, 6.45) is 2.06. The van der Waals surface area contributed by atoms with Crippen molar-refractivity contribution in [2.45, 2.75) is 25.5 Å². The Hall–Kier alpha value is -1.98. The van der Waals surface area contributed by atoms with Crippen molar-refractivity contribution in [3.63, 3.8) is 0 Å². The summed E-state index contributed by atoms with van der Waals surface area (Å²) >= 11 is 6.13. The standard InChI is InChI=1S/C17H18ClNO4/c18-14-5-1-2-6-15(14)22-12-4-3-9-19(10-12)11-13-7-8-16(23-13)17(20)21/h1-2,5-8,12H,3-4,9-11H2,(H,20,21). The molecule has 0 bridgehead atoms. The van der Waals surface area contributed by atoms with E-state index in [1.807, 2.05) is 24.3 Å². The Kier molecular flexibility index (Phi) is 4.88. The van der Waals surface area contributed by atoms with Crippen LogP contribution in [0, 0.1) is 0 Å². The van der Waals surface area contributed by atoms with E-state index in [0.717, 1.165) is 25.9 Å². The highest BCUT2D eigenvalue weighted by Crippen LogP contribution is 2.26. The third kappa shape index (κ3) is 4.06. The van der Waals surface area contributed by atoms with Crippen LogP contribution < -0.4 is 4.74 Å². The van der Waals surface area contributed by atoms with Crippen LogP contribution >= 0.6 is 11.6 Å². The molecular weight excluding hydrogens is 318 g/mol. The molecule has 122 valence electrons. The molecule has 1 atom stereocenters. The summed E-state index contributed by atoms with van der Waals surface area (Å²) < 4.78 is 11.3. The maximum absolute atomic E-state index is 10.9. The maximum Gasteiger partial charge on any atom is 0.371 e. The lowest BCUT2D eigenvalue weighted by Gasteiger charge is -2.32. The van der Waals surface area contributed by atoms with Crippen molar-refractivity contribution in [3.05, 3.63) is 52.9 Å². The van der Waals surface area contributed by atoms with E-state index >= 15 is 0 Å². The Labute approximate surface area is 139 Å². The van der Waals surface area contributed by atoms with E-state index in [4.69, 9.17) is 25.9 Å². The van der Waals surface area contributed by atoms with Crippen LogP contribution in [0.4, 0.5) is 0 Å². The molecule has 0 saturated carbocycles. The molecule has 0 aliphatic carbocycles. The number of hydrogen-bond donors (Lipinski definition) is 1. The van der Waals surface area contributed by atoms with Crippen molar-refractivity contribution >= 4 is 17.6 Å². The molecule has 0 radical (unpaired) electrons. The van der Waals surface area contributed by atoms with Gasteiger partial charge in [0.1, 0.15) is 17.6 Å². The molecule has 1 unspecified atom stereocenters. The van der Waals surface area contributed by atoms with Gasteiger partial charge in [-0.15, -0.1) is 0 Å². The molecule has 6 heteroatoms. The summed E-state index contributed by atoms with van der Waals surface area (Å²) in [6.45, 7) is 2.27. The molecule has 0 amide bonds. The Morgan fingerprint density at radius 1 is 1.35 bits per heavy atom. The van der Waals surface area contributed by atoms with Gasteiger partial charge in [0.2, 0.25) is 5.76 Å². The fourth-order valence-corrected chi connectivity index (χ4v) is 2.95. The van der Waals surface area contributed by atoms with Crippen LogP contribution in [0.2, 0.25) is 5.02 Å². The second kappa shape index (κ2) is 7.06. The molecule has 23 heavy (non-hydrogen) atoms. The van der Waals surface area contributed by atoms with Crippen LogP contribution in [0.25, 0.3) is 0 Å². The fourth-order valence-electron chi connectivity index (χ4n) is 2.77. The average Bonchev–Trinajstić information content (AvgIpc) is 2.99. The predicted molar refractivity (Wildman–Crippen MR) is 86.0 cm³/mol. The van der Waals surface area contributed by atoms with Crippen LogP contribution in [0.3, 0.4) is 0 Å². The van der Waals surface area contributed by atoms with Crippen molar-refractivity contribution in [2.24, 2.45) is 0 Å². The number of para-hydroxylation sites is 1. The van der Waals surface area contributed by atoms with Gasteiger partial charge in [0.15, 0.2) is 0 Å². The average molecular weight is 336 g/mol. The number of carbonyl (C=O) groups is 1. The zero-order chi connectivity index (χ0) is 16.2. The third-order valence-corrected chi connectivity index (χ3v) is 4.16. The number of furan rings is 1. The van der Waals surface area contributed by atoms with Crippen molar-refractivity contribution in [1.29, 1.82) is 0 Å². The van der Waals surface area contributed by atoms with Crippen LogP contribution in [0.5, 0.6) is 5.75 Å². The summed E-state index contributed by atoms with van der Waals surface area (Å²) in [5.74, 6) is 0.281. The van der Waals surface area contributed by atoms with Crippen molar-refractivity contribution in [1.82, 2.24) is 4.90 Å². The lowest BCUT2D eigenvalue weighted by atomic mass is 10.1. The number of hydrogen-bond acceptors (Lipinski definition) is 4. The molecule has 2 aromatic rings. The third-order valence-electron chi connectivity index (χ3n) is 3.84. The second-order valence-electron chi connectivity index (χ2n) is 5.62. The smallest absolute Gasteiger partial charge is 0.371 e. The van der Waals surface area contributed by atoms with E-state index in [2.05, 4.69) is 4.90 Å². The monoisotopic (exact) mass is 335 g/mol. The molecule has 3 rings (SSSR count). The number of aromatic carboxylic acids is 1. The van der Waals surface area contributed by atoms with Gasteiger partial charge in [0.05, 0.1) is 11.6 Å². The zero-order valence-corrected chi connectivity index (χ0v) is 13.3. The van der Waals surface area contributed by atoms with E-state index in [-0.39, 0.29) is 11.9 Å². The lowest BCUT2D eigenvalue weighted by Crippen LogP contribution is -2.40. The number of halogens is 1. The Bertz CT molecular complexity index is 685. The quantitative estimate of drug-likeness (QED) is 0.903. The predicted octanol–water partition coefficient (Wildman–Crippen LogP) is 3.67. The number of carboxylic acid groups (broad SMARTS) is 1. The van der Waals surface area contributed by atoms with E-state index in [1.165, 1.54) is 6.07 Å². The fraction of sp³-hybridized carbons (Fsp3) is 0.353. The number of piperidine rings is 1. The van der Waals surface area contributed by atoms with Crippen LogP contribution in [0.1, 0.15) is 29.2 Å². The molecule has 1 aliphatic rings. The minimum absolute atomic E-state index is 0.0270. The first-order valence-electron chi connectivity index (χ1n) is 7.57. The minimum atomic E-state index is -1.05. The van der Waals surface area contributed by atoms with E-state index in [9.17, 15) is 4.79 Å². The molecule has 1 N–H and O–H groups in total. The van der Waals surface area contributed by atoms with Crippen molar-refractivity contribution in [2.75, 3.05) is 13.1 Å². The van der Waals surface area contributed by atoms with Gasteiger partial charge in [0.25, 0.3) is 0 Å². The van der Waals surface area contributed by atoms with Gasteiger partial charge in [-0.3, -0.25) is 4.90 Å². The molecule has 1 fully saturated rings. The normalized spacial score (nSPS) is 18.7. The largest absolute Gasteiger partial charge is 0.488 e.